The van der Waals surface area contributed by atoms with E-state index >= 15 is 0 Å². The molecule has 2 rings (SSSR count). The Morgan fingerprint density at radius 1 is 1.41 bits per heavy atom. The summed E-state index contributed by atoms with van der Waals surface area (Å²) in [5.74, 6) is 0.386. The Kier molecular flexibility index (Phi) is 5.70. The summed E-state index contributed by atoms with van der Waals surface area (Å²) < 4.78 is 0. The monoisotopic (exact) mass is 337 g/mol. The first-order chi connectivity index (χ1) is 10.5. The van der Waals surface area contributed by atoms with E-state index in [-0.39, 0.29) is 11.5 Å². The smallest absolute Gasteiger partial charge is 0.266 e. The van der Waals surface area contributed by atoms with E-state index in [0.29, 0.717) is 34.7 Å². The SMILES string of the molecule is CC1CCN(C(=O)/C(C#N)=C\Nc2ccc(Cl)cc2Cl)CC1. The molecule has 0 unspecified atom stereocenters. The molecule has 1 heterocycles. The Labute approximate surface area is 140 Å². The zero-order valence-electron chi connectivity index (χ0n) is 12.3. The van der Waals surface area contributed by atoms with Crippen molar-refractivity contribution in [3.8, 4) is 6.07 Å². The summed E-state index contributed by atoms with van der Waals surface area (Å²) in [5.41, 5.74) is 0.666. The number of hydrogen-bond donors (Lipinski definition) is 1. The van der Waals surface area contributed by atoms with Crippen molar-refractivity contribution >= 4 is 34.8 Å². The molecule has 116 valence electrons. The second-order valence-electron chi connectivity index (χ2n) is 5.41. The summed E-state index contributed by atoms with van der Waals surface area (Å²) in [7, 11) is 0. The summed E-state index contributed by atoms with van der Waals surface area (Å²) in [6.45, 7) is 3.56. The minimum absolute atomic E-state index is 0.0700. The van der Waals surface area contributed by atoms with Crippen molar-refractivity contribution in [2.24, 2.45) is 5.92 Å². The van der Waals surface area contributed by atoms with Crippen molar-refractivity contribution in [1.82, 2.24) is 4.90 Å². The molecule has 6 heteroatoms. The average molecular weight is 338 g/mol. The van der Waals surface area contributed by atoms with Crippen LogP contribution in [-0.2, 0) is 4.79 Å². The van der Waals surface area contributed by atoms with E-state index in [4.69, 9.17) is 23.2 Å². The number of carbonyl (C=O) groups is 1. The number of hydrogen-bond acceptors (Lipinski definition) is 3. The number of rotatable bonds is 3. The van der Waals surface area contributed by atoms with Crippen molar-refractivity contribution in [1.29, 1.82) is 5.26 Å². The second kappa shape index (κ2) is 7.53. The molecule has 4 nitrogen and oxygen atoms in total. The van der Waals surface area contributed by atoms with Gasteiger partial charge in [0, 0.05) is 24.3 Å². The van der Waals surface area contributed by atoms with Crippen LogP contribution in [0, 0.1) is 17.2 Å². The van der Waals surface area contributed by atoms with E-state index in [0.717, 1.165) is 12.8 Å². The van der Waals surface area contributed by atoms with Crippen LogP contribution < -0.4 is 5.32 Å². The second-order valence-corrected chi connectivity index (χ2v) is 6.26. The third-order valence-electron chi connectivity index (χ3n) is 3.72. The van der Waals surface area contributed by atoms with Crippen molar-refractivity contribution in [3.05, 3.63) is 40.0 Å². The maximum absolute atomic E-state index is 12.3. The number of halogens is 2. The third kappa shape index (κ3) is 4.16. The van der Waals surface area contributed by atoms with Crippen LogP contribution in [0.1, 0.15) is 19.8 Å². The van der Waals surface area contributed by atoms with Gasteiger partial charge in [-0.25, -0.2) is 0 Å². The van der Waals surface area contributed by atoms with E-state index in [1.54, 1.807) is 23.1 Å². The van der Waals surface area contributed by atoms with Gasteiger partial charge in [-0.1, -0.05) is 30.1 Å². The zero-order valence-corrected chi connectivity index (χ0v) is 13.8. The lowest BCUT2D eigenvalue weighted by Crippen LogP contribution is -2.38. The van der Waals surface area contributed by atoms with Gasteiger partial charge >= 0.3 is 0 Å². The molecule has 22 heavy (non-hydrogen) atoms. The van der Waals surface area contributed by atoms with Gasteiger partial charge in [-0.05, 0) is 37.0 Å². The topological polar surface area (TPSA) is 56.1 Å². The van der Waals surface area contributed by atoms with Crippen LogP contribution in [0.3, 0.4) is 0 Å². The molecular formula is C16H17Cl2N3O. The number of carbonyl (C=O) groups excluding carboxylic acids is 1. The predicted octanol–water partition coefficient (Wildman–Crippen LogP) is 4.07. The van der Waals surface area contributed by atoms with E-state index in [1.165, 1.54) is 6.20 Å². The standard InChI is InChI=1S/C16H17Cl2N3O/c1-11-4-6-21(7-5-11)16(22)12(9-19)10-20-15-3-2-13(17)8-14(15)18/h2-3,8,10-11,20H,4-7H2,1H3/b12-10-. The van der Waals surface area contributed by atoms with Crippen LogP contribution in [0.4, 0.5) is 5.69 Å². The summed E-state index contributed by atoms with van der Waals surface area (Å²) in [6.07, 6.45) is 3.34. The van der Waals surface area contributed by atoms with E-state index in [9.17, 15) is 10.1 Å². The Bertz CT molecular complexity index is 629. The lowest BCUT2D eigenvalue weighted by Gasteiger charge is -2.30. The number of likely N-dealkylation sites (tertiary alicyclic amines) is 1. The van der Waals surface area contributed by atoms with Crippen LogP contribution in [0.2, 0.25) is 10.0 Å². The maximum atomic E-state index is 12.3. The largest absolute Gasteiger partial charge is 0.359 e. The molecule has 0 radical (unpaired) electrons. The quantitative estimate of drug-likeness (QED) is 0.668. The highest BCUT2D eigenvalue weighted by Crippen LogP contribution is 2.25. The van der Waals surface area contributed by atoms with Gasteiger partial charge in [-0.3, -0.25) is 4.79 Å². The Hall–Kier alpha value is -1.70. The van der Waals surface area contributed by atoms with Gasteiger partial charge in [-0.15, -0.1) is 0 Å². The fraction of sp³-hybridized carbons (Fsp3) is 0.375. The predicted molar refractivity (Wildman–Crippen MR) is 88.8 cm³/mol. The number of nitrogens with one attached hydrogen (secondary N) is 1. The van der Waals surface area contributed by atoms with Crippen LogP contribution >= 0.6 is 23.2 Å². The molecule has 1 aromatic carbocycles. The molecule has 1 aromatic rings. The number of anilines is 1. The summed E-state index contributed by atoms with van der Waals surface area (Å²) in [4.78, 5) is 14.1. The lowest BCUT2D eigenvalue weighted by atomic mass is 9.99. The summed E-state index contributed by atoms with van der Waals surface area (Å²) in [6, 6.07) is 6.93. The first kappa shape index (κ1) is 16.7. The van der Waals surface area contributed by atoms with Crippen LogP contribution in [0.25, 0.3) is 0 Å². The highest BCUT2D eigenvalue weighted by molar-refractivity contribution is 6.36. The van der Waals surface area contributed by atoms with Gasteiger partial charge in [0.05, 0.1) is 10.7 Å². The molecular weight excluding hydrogens is 321 g/mol. The van der Waals surface area contributed by atoms with Gasteiger partial charge in [0.25, 0.3) is 5.91 Å². The molecule has 0 spiro atoms. The molecule has 1 N–H and O–H groups in total. The minimum Gasteiger partial charge on any atom is -0.359 e. The molecule has 1 fully saturated rings. The normalized spacial score (nSPS) is 16.3. The summed E-state index contributed by atoms with van der Waals surface area (Å²) in [5, 5.41) is 13.1. The first-order valence-electron chi connectivity index (χ1n) is 7.12. The fourth-order valence-electron chi connectivity index (χ4n) is 2.28. The van der Waals surface area contributed by atoms with E-state index in [1.807, 2.05) is 6.07 Å². The molecule has 0 bridgehead atoms. The Morgan fingerprint density at radius 3 is 2.68 bits per heavy atom. The molecule has 1 aliphatic heterocycles. The van der Waals surface area contributed by atoms with Crippen LogP contribution in [0.15, 0.2) is 30.0 Å². The third-order valence-corrected chi connectivity index (χ3v) is 4.27. The van der Waals surface area contributed by atoms with E-state index < -0.39 is 0 Å². The van der Waals surface area contributed by atoms with Gasteiger partial charge in [0.2, 0.25) is 0 Å². The number of benzene rings is 1. The molecule has 1 saturated heterocycles. The van der Waals surface area contributed by atoms with Crippen molar-refractivity contribution in [2.75, 3.05) is 18.4 Å². The maximum Gasteiger partial charge on any atom is 0.266 e. The number of nitriles is 1. The lowest BCUT2D eigenvalue weighted by molar-refractivity contribution is -0.128. The van der Waals surface area contributed by atoms with Gasteiger partial charge in [-0.2, -0.15) is 5.26 Å². The van der Waals surface area contributed by atoms with Crippen molar-refractivity contribution in [3.63, 3.8) is 0 Å². The number of piperidine rings is 1. The molecule has 0 aliphatic carbocycles. The van der Waals surface area contributed by atoms with Crippen molar-refractivity contribution < 1.29 is 4.79 Å². The first-order valence-corrected chi connectivity index (χ1v) is 7.88. The number of amides is 1. The van der Waals surface area contributed by atoms with Crippen molar-refractivity contribution in [2.45, 2.75) is 19.8 Å². The van der Waals surface area contributed by atoms with Crippen LogP contribution in [-0.4, -0.2) is 23.9 Å². The highest BCUT2D eigenvalue weighted by atomic mass is 35.5. The Balaban J connectivity index is 2.07. The minimum atomic E-state index is -0.244. The van der Waals surface area contributed by atoms with Gasteiger partial charge < -0.3 is 10.2 Å². The van der Waals surface area contributed by atoms with Crippen LogP contribution in [0.5, 0.6) is 0 Å². The molecule has 0 saturated carbocycles. The van der Waals surface area contributed by atoms with Gasteiger partial charge in [0.1, 0.15) is 11.6 Å². The molecule has 1 aliphatic rings. The molecule has 1 amide bonds. The average Bonchev–Trinajstić information content (AvgIpc) is 2.50. The Morgan fingerprint density at radius 2 is 2.09 bits per heavy atom. The molecule has 0 aromatic heterocycles. The van der Waals surface area contributed by atoms with E-state index in [2.05, 4.69) is 12.2 Å². The highest BCUT2D eigenvalue weighted by Gasteiger charge is 2.23. The molecule has 0 atom stereocenters. The van der Waals surface area contributed by atoms with Gasteiger partial charge in [0.15, 0.2) is 0 Å². The zero-order chi connectivity index (χ0) is 16.1. The fourth-order valence-corrected chi connectivity index (χ4v) is 2.74. The summed E-state index contributed by atoms with van der Waals surface area (Å²) >= 11 is 11.9. The number of nitrogens with zero attached hydrogens (tertiary/aromatic N) is 2.